The van der Waals surface area contributed by atoms with Gasteiger partial charge < -0.3 is 0 Å². The van der Waals surface area contributed by atoms with Crippen molar-refractivity contribution < 1.29 is 0 Å². The summed E-state index contributed by atoms with van der Waals surface area (Å²) in [4.78, 5) is 2.69. The van der Waals surface area contributed by atoms with E-state index in [1.165, 1.54) is 49.9 Å². The summed E-state index contributed by atoms with van der Waals surface area (Å²) >= 11 is 0. The van der Waals surface area contributed by atoms with Gasteiger partial charge in [-0.3, -0.25) is 4.90 Å². The third-order valence-corrected chi connectivity index (χ3v) is 6.26. The molecule has 1 nitrogen and oxygen atoms in total. The van der Waals surface area contributed by atoms with Crippen LogP contribution in [0.25, 0.3) is 0 Å². The van der Waals surface area contributed by atoms with Crippen LogP contribution in [0.1, 0.15) is 99.1 Å². The average molecular weight is 358 g/mol. The Hall–Kier alpha value is -0.820. The molecule has 2 rings (SSSR count). The highest BCUT2D eigenvalue weighted by molar-refractivity contribution is 5.32. The first kappa shape index (κ1) is 21.5. The van der Waals surface area contributed by atoms with E-state index in [0.29, 0.717) is 5.41 Å². The quantitative estimate of drug-likeness (QED) is 0.533. The van der Waals surface area contributed by atoms with Crippen molar-refractivity contribution in [3.63, 3.8) is 0 Å². The smallest absolute Gasteiger partial charge is 0.0161 e. The molecule has 1 fully saturated rings. The minimum atomic E-state index is 0.193. The predicted molar refractivity (Wildman–Crippen MR) is 116 cm³/mol. The molecule has 1 saturated heterocycles. The van der Waals surface area contributed by atoms with Crippen molar-refractivity contribution in [2.45, 2.75) is 104 Å². The Kier molecular flexibility index (Phi) is 6.03. The van der Waals surface area contributed by atoms with Gasteiger partial charge in [-0.15, -0.1) is 0 Å². The summed E-state index contributed by atoms with van der Waals surface area (Å²) in [5, 5.41) is 0. The molecule has 0 radical (unpaired) electrons. The zero-order valence-corrected chi connectivity index (χ0v) is 19.0. The second-order valence-electron chi connectivity index (χ2n) is 11.8. The molecule has 26 heavy (non-hydrogen) atoms. The molecule has 0 bridgehead atoms. The zero-order chi connectivity index (χ0) is 19.8. The van der Waals surface area contributed by atoms with Crippen LogP contribution in [0.3, 0.4) is 0 Å². The van der Waals surface area contributed by atoms with Gasteiger partial charge in [0.15, 0.2) is 0 Å². The summed E-state index contributed by atoms with van der Waals surface area (Å²) in [6, 6.07) is 9.54. The van der Waals surface area contributed by atoms with Crippen molar-refractivity contribution in [2.75, 3.05) is 13.1 Å². The fourth-order valence-corrected chi connectivity index (χ4v) is 5.42. The SMILES string of the molecule is CC(C)(C)CC(C)(C)c1ccc(C(C)(C)CC(C)(C)N2CCCC2)cc1. The van der Waals surface area contributed by atoms with Gasteiger partial charge in [-0.1, -0.05) is 72.7 Å². The molecular weight excluding hydrogens is 314 g/mol. The highest BCUT2D eigenvalue weighted by Gasteiger charge is 2.36. The third kappa shape index (κ3) is 5.35. The fraction of sp³-hybridized carbons (Fsp3) is 0.760. The molecule has 1 heterocycles. The number of hydrogen-bond donors (Lipinski definition) is 0. The monoisotopic (exact) mass is 357 g/mol. The number of rotatable bonds is 6. The second-order valence-corrected chi connectivity index (χ2v) is 11.8. The van der Waals surface area contributed by atoms with E-state index in [-0.39, 0.29) is 16.4 Å². The Morgan fingerprint density at radius 3 is 1.42 bits per heavy atom. The first-order chi connectivity index (χ1) is 11.7. The molecular formula is C25H43N. The molecule has 0 aromatic heterocycles. The standard InChI is InChI=1S/C25H43N/c1-22(2,3)18-23(4,5)20-12-14-21(15-13-20)24(6,7)19-25(8,9)26-16-10-11-17-26/h12-15H,10-11,16-19H2,1-9H3. The van der Waals surface area contributed by atoms with E-state index >= 15 is 0 Å². The molecule has 0 spiro atoms. The maximum absolute atomic E-state index is 2.69. The highest BCUT2D eigenvalue weighted by Crippen LogP contribution is 2.39. The van der Waals surface area contributed by atoms with Gasteiger partial charge in [0, 0.05) is 5.54 Å². The molecule has 0 amide bonds. The van der Waals surface area contributed by atoms with Crippen LogP contribution in [-0.4, -0.2) is 23.5 Å². The van der Waals surface area contributed by atoms with Crippen molar-refractivity contribution >= 4 is 0 Å². The summed E-state index contributed by atoms with van der Waals surface area (Å²) in [5.74, 6) is 0. The normalized spacial score (nSPS) is 17.7. The van der Waals surface area contributed by atoms with Crippen LogP contribution in [0.2, 0.25) is 0 Å². The third-order valence-electron chi connectivity index (χ3n) is 6.26. The molecule has 0 N–H and O–H groups in total. The average Bonchev–Trinajstić information content (AvgIpc) is 2.99. The molecule has 0 saturated carbocycles. The Labute approximate surface area is 163 Å². The summed E-state index contributed by atoms with van der Waals surface area (Å²) in [6.45, 7) is 24.0. The Bertz CT molecular complexity index is 578. The first-order valence-corrected chi connectivity index (χ1v) is 10.6. The number of benzene rings is 1. The zero-order valence-electron chi connectivity index (χ0n) is 19.0. The summed E-state index contributed by atoms with van der Waals surface area (Å²) in [7, 11) is 0. The van der Waals surface area contributed by atoms with Gasteiger partial charge in [0.2, 0.25) is 0 Å². The van der Waals surface area contributed by atoms with E-state index < -0.39 is 0 Å². The summed E-state index contributed by atoms with van der Waals surface area (Å²) in [5.41, 5.74) is 3.96. The lowest BCUT2D eigenvalue weighted by Crippen LogP contribution is -2.46. The number of hydrogen-bond acceptors (Lipinski definition) is 1. The summed E-state index contributed by atoms with van der Waals surface area (Å²) in [6.07, 6.45) is 5.12. The minimum Gasteiger partial charge on any atom is -0.298 e. The van der Waals surface area contributed by atoms with E-state index in [1.807, 2.05) is 0 Å². The van der Waals surface area contributed by atoms with Gasteiger partial charge in [0.25, 0.3) is 0 Å². The lowest BCUT2D eigenvalue weighted by molar-refractivity contribution is 0.119. The molecule has 0 atom stereocenters. The number of nitrogens with zero attached hydrogens (tertiary/aromatic N) is 1. The lowest BCUT2D eigenvalue weighted by atomic mass is 9.70. The van der Waals surface area contributed by atoms with E-state index in [2.05, 4.69) is 91.5 Å². The largest absolute Gasteiger partial charge is 0.298 e. The number of likely N-dealkylation sites (tertiary alicyclic amines) is 1. The predicted octanol–water partition coefficient (Wildman–Crippen LogP) is 6.94. The fourth-order valence-electron chi connectivity index (χ4n) is 5.42. The molecule has 1 aromatic rings. The van der Waals surface area contributed by atoms with Crippen LogP contribution < -0.4 is 0 Å². The maximum atomic E-state index is 2.69. The van der Waals surface area contributed by atoms with Gasteiger partial charge in [-0.2, -0.15) is 0 Å². The molecule has 1 aliphatic rings. The van der Waals surface area contributed by atoms with Gasteiger partial charge in [-0.25, -0.2) is 0 Å². The lowest BCUT2D eigenvalue weighted by Gasteiger charge is -2.42. The molecule has 1 heteroatoms. The van der Waals surface area contributed by atoms with E-state index in [4.69, 9.17) is 0 Å². The Balaban J connectivity index is 2.15. The maximum Gasteiger partial charge on any atom is 0.0161 e. The minimum absolute atomic E-state index is 0.193. The van der Waals surface area contributed by atoms with E-state index in [0.717, 1.165) is 0 Å². The van der Waals surface area contributed by atoms with Crippen molar-refractivity contribution in [1.29, 1.82) is 0 Å². The van der Waals surface area contributed by atoms with Crippen LogP contribution in [-0.2, 0) is 10.8 Å². The van der Waals surface area contributed by atoms with Gasteiger partial charge in [-0.05, 0) is 80.0 Å². The van der Waals surface area contributed by atoms with Crippen molar-refractivity contribution in [3.05, 3.63) is 35.4 Å². The van der Waals surface area contributed by atoms with Crippen LogP contribution in [0.4, 0.5) is 0 Å². The molecule has 0 aliphatic carbocycles. The topological polar surface area (TPSA) is 3.24 Å². The van der Waals surface area contributed by atoms with Crippen molar-refractivity contribution in [2.24, 2.45) is 5.41 Å². The second kappa shape index (κ2) is 7.30. The highest BCUT2D eigenvalue weighted by atomic mass is 15.2. The van der Waals surface area contributed by atoms with Gasteiger partial charge in [0.05, 0.1) is 0 Å². The van der Waals surface area contributed by atoms with E-state index in [9.17, 15) is 0 Å². The van der Waals surface area contributed by atoms with E-state index in [1.54, 1.807) is 0 Å². The molecule has 0 unspecified atom stereocenters. The van der Waals surface area contributed by atoms with Crippen LogP contribution >= 0.6 is 0 Å². The molecule has 1 aliphatic heterocycles. The van der Waals surface area contributed by atoms with Crippen LogP contribution in [0.15, 0.2) is 24.3 Å². The van der Waals surface area contributed by atoms with Crippen molar-refractivity contribution in [1.82, 2.24) is 4.90 Å². The first-order valence-electron chi connectivity index (χ1n) is 10.6. The van der Waals surface area contributed by atoms with Crippen LogP contribution in [0, 0.1) is 5.41 Å². The summed E-state index contributed by atoms with van der Waals surface area (Å²) < 4.78 is 0. The van der Waals surface area contributed by atoms with Gasteiger partial charge in [0.1, 0.15) is 0 Å². The Morgan fingerprint density at radius 1 is 0.654 bits per heavy atom. The van der Waals surface area contributed by atoms with Gasteiger partial charge >= 0.3 is 0 Å². The van der Waals surface area contributed by atoms with Crippen molar-refractivity contribution in [3.8, 4) is 0 Å². The van der Waals surface area contributed by atoms with Crippen LogP contribution in [0.5, 0.6) is 0 Å². The molecule has 148 valence electrons. The Morgan fingerprint density at radius 2 is 1.04 bits per heavy atom. The molecule has 1 aromatic carbocycles.